The van der Waals surface area contributed by atoms with E-state index < -0.39 is 0 Å². The van der Waals surface area contributed by atoms with Crippen LogP contribution in [0, 0.1) is 11.8 Å². The average molecular weight is 564 g/mol. The average Bonchev–Trinajstić information content (AvgIpc) is 3.08. The van der Waals surface area contributed by atoms with Crippen LogP contribution in [0.2, 0.25) is 0 Å². The first kappa shape index (κ1) is 26.8. The van der Waals surface area contributed by atoms with Gasteiger partial charge in [0.05, 0.1) is 29.4 Å². The van der Waals surface area contributed by atoms with E-state index in [9.17, 15) is 0 Å². The summed E-state index contributed by atoms with van der Waals surface area (Å²) >= 11 is 0. The van der Waals surface area contributed by atoms with Crippen LogP contribution in [0.1, 0.15) is 80.2 Å². The molecule has 6 unspecified atom stereocenters. The van der Waals surface area contributed by atoms with Crippen LogP contribution in [-0.2, 0) is 10.2 Å². The lowest BCUT2D eigenvalue weighted by Gasteiger charge is -2.55. The SMILES string of the molecule is CC1=C2CC=CCC2C(c2ccccc2)=NC1c1ccccc1C1(c2ccccc2)C2=CCCCC2OC2CCC=CC21. The van der Waals surface area contributed by atoms with E-state index >= 15 is 0 Å². The second-order valence-electron chi connectivity index (χ2n) is 13.0. The van der Waals surface area contributed by atoms with Crippen molar-refractivity contribution in [1.29, 1.82) is 0 Å². The van der Waals surface area contributed by atoms with Crippen molar-refractivity contribution in [2.45, 2.75) is 75.5 Å². The first-order chi connectivity index (χ1) is 21.3. The number of aliphatic imine (C=N–C) groups is 1. The Morgan fingerprint density at radius 1 is 0.814 bits per heavy atom. The summed E-state index contributed by atoms with van der Waals surface area (Å²) in [6.45, 7) is 2.36. The van der Waals surface area contributed by atoms with Crippen LogP contribution in [0.4, 0.5) is 0 Å². The highest BCUT2D eigenvalue weighted by Gasteiger charge is 2.55. The van der Waals surface area contributed by atoms with E-state index in [0.29, 0.717) is 5.92 Å². The lowest BCUT2D eigenvalue weighted by molar-refractivity contribution is -0.0742. The van der Waals surface area contributed by atoms with Gasteiger partial charge in [-0.2, -0.15) is 0 Å². The maximum atomic E-state index is 6.98. The van der Waals surface area contributed by atoms with Crippen molar-refractivity contribution in [2.75, 3.05) is 0 Å². The standard InChI is InChI=1S/C41H41NO/c1-28-31-20-8-9-21-32(31)40(29-16-4-2-5-17-29)42-39(28)33-22-10-11-23-34(33)41(30-18-6-3-7-19-30)35-24-12-14-26-37(35)43-38-27-15-13-25-36(38)41/h2-12,16-19,22-25,32,35,37-39H,13-15,20-21,26-27H2,1H3. The fraction of sp³-hybridized carbons (Fsp3) is 0.341. The predicted octanol–water partition coefficient (Wildman–Crippen LogP) is 9.64. The molecule has 2 nitrogen and oxygen atoms in total. The van der Waals surface area contributed by atoms with Crippen LogP contribution in [-0.4, -0.2) is 17.9 Å². The number of allylic oxidation sites excluding steroid dienone is 5. The molecule has 0 N–H and O–H groups in total. The molecule has 0 amide bonds. The Kier molecular flexibility index (Phi) is 6.91. The molecule has 43 heavy (non-hydrogen) atoms. The van der Waals surface area contributed by atoms with E-state index in [1.807, 2.05) is 0 Å². The fourth-order valence-corrected chi connectivity index (χ4v) is 8.96. The van der Waals surface area contributed by atoms with Crippen LogP contribution < -0.4 is 0 Å². The van der Waals surface area contributed by atoms with Crippen molar-refractivity contribution in [1.82, 2.24) is 0 Å². The molecule has 6 atom stereocenters. The van der Waals surface area contributed by atoms with Gasteiger partial charge in [0.1, 0.15) is 0 Å². The maximum Gasteiger partial charge on any atom is 0.0966 e. The van der Waals surface area contributed by atoms with Crippen molar-refractivity contribution in [2.24, 2.45) is 16.8 Å². The van der Waals surface area contributed by atoms with E-state index in [1.165, 1.54) is 45.5 Å². The van der Waals surface area contributed by atoms with Crippen LogP contribution >= 0.6 is 0 Å². The Hall–Kier alpha value is -3.75. The summed E-state index contributed by atoms with van der Waals surface area (Å²) in [7, 11) is 0. The van der Waals surface area contributed by atoms with Gasteiger partial charge in [-0.05, 0) is 85.3 Å². The molecular weight excluding hydrogens is 522 g/mol. The first-order valence-corrected chi connectivity index (χ1v) is 16.4. The van der Waals surface area contributed by atoms with Gasteiger partial charge in [0.15, 0.2) is 0 Å². The normalized spacial score (nSPS) is 31.4. The molecule has 0 aromatic heterocycles. The molecule has 2 aliphatic heterocycles. The molecule has 3 aromatic rings. The third kappa shape index (κ3) is 4.29. The van der Waals surface area contributed by atoms with Gasteiger partial charge in [-0.3, -0.25) is 4.99 Å². The highest BCUT2D eigenvalue weighted by molar-refractivity contribution is 6.05. The lowest BCUT2D eigenvalue weighted by atomic mass is 9.54. The van der Waals surface area contributed by atoms with Crippen LogP contribution in [0.15, 0.2) is 137 Å². The molecule has 0 bridgehead atoms. The smallest absolute Gasteiger partial charge is 0.0966 e. The molecule has 2 heterocycles. The Morgan fingerprint density at radius 2 is 1.60 bits per heavy atom. The molecule has 3 aromatic carbocycles. The summed E-state index contributed by atoms with van der Waals surface area (Å²) in [5.74, 6) is 0.600. The number of ether oxygens (including phenoxy) is 1. The van der Waals surface area contributed by atoms with Gasteiger partial charge in [-0.15, -0.1) is 0 Å². The van der Waals surface area contributed by atoms with Gasteiger partial charge in [-0.1, -0.05) is 121 Å². The minimum Gasteiger partial charge on any atom is -0.370 e. The summed E-state index contributed by atoms with van der Waals surface area (Å²) in [4.78, 5) is 5.73. The topological polar surface area (TPSA) is 21.6 Å². The number of nitrogens with zero attached hydrogens (tertiary/aromatic N) is 1. The monoisotopic (exact) mass is 563 g/mol. The Bertz CT molecular complexity index is 1660. The van der Waals surface area contributed by atoms with Gasteiger partial charge < -0.3 is 4.74 Å². The van der Waals surface area contributed by atoms with Crippen LogP contribution in [0.3, 0.4) is 0 Å². The molecule has 5 aliphatic rings. The van der Waals surface area contributed by atoms with Gasteiger partial charge in [0.25, 0.3) is 0 Å². The van der Waals surface area contributed by atoms with Crippen LogP contribution in [0.25, 0.3) is 0 Å². The zero-order valence-electron chi connectivity index (χ0n) is 25.2. The van der Waals surface area contributed by atoms with E-state index in [4.69, 9.17) is 9.73 Å². The van der Waals surface area contributed by atoms with Crippen molar-refractivity contribution < 1.29 is 4.74 Å². The third-order valence-electron chi connectivity index (χ3n) is 10.8. The largest absolute Gasteiger partial charge is 0.370 e. The summed E-state index contributed by atoms with van der Waals surface area (Å²) in [5.41, 5.74) is 10.8. The minimum absolute atomic E-state index is 0.0127. The zero-order chi connectivity index (χ0) is 28.8. The molecule has 3 aliphatic carbocycles. The number of fused-ring (bicyclic) bond motifs is 3. The number of hydrogen-bond donors (Lipinski definition) is 0. The molecular formula is C41H41NO. The number of hydrogen-bond acceptors (Lipinski definition) is 2. The summed E-state index contributed by atoms with van der Waals surface area (Å²) in [6.07, 6.45) is 20.2. The highest BCUT2D eigenvalue weighted by Crippen LogP contribution is 2.58. The summed E-state index contributed by atoms with van der Waals surface area (Å²) in [5, 5.41) is 0. The van der Waals surface area contributed by atoms with Gasteiger partial charge in [0, 0.05) is 11.8 Å². The molecule has 2 heteroatoms. The molecule has 0 radical (unpaired) electrons. The third-order valence-corrected chi connectivity index (χ3v) is 10.8. The zero-order valence-corrected chi connectivity index (χ0v) is 25.2. The molecule has 1 fully saturated rings. The number of rotatable bonds is 4. The van der Waals surface area contributed by atoms with E-state index in [1.54, 1.807) is 5.57 Å². The Labute approximate surface area is 256 Å². The van der Waals surface area contributed by atoms with E-state index in [0.717, 1.165) is 38.5 Å². The molecule has 8 rings (SSSR count). The van der Waals surface area contributed by atoms with Crippen molar-refractivity contribution in [3.05, 3.63) is 154 Å². The molecule has 0 spiro atoms. The van der Waals surface area contributed by atoms with Crippen molar-refractivity contribution in [3.63, 3.8) is 0 Å². The summed E-state index contributed by atoms with van der Waals surface area (Å²) in [6, 6.07) is 31.6. The first-order valence-electron chi connectivity index (χ1n) is 16.4. The predicted molar refractivity (Wildman–Crippen MR) is 176 cm³/mol. The Balaban J connectivity index is 1.40. The highest BCUT2D eigenvalue weighted by atomic mass is 16.5. The van der Waals surface area contributed by atoms with Gasteiger partial charge >= 0.3 is 0 Å². The molecule has 0 saturated carbocycles. The lowest BCUT2D eigenvalue weighted by Crippen LogP contribution is -2.55. The van der Waals surface area contributed by atoms with Crippen molar-refractivity contribution in [3.8, 4) is 0 Å². The maximum absolute atomic E-state index is 6.98. The quantitative estimate of drug-likeness (QED) is 0.290. The summed E-state index contributed by atoms with van der Waals surface area (Å²) < 4.78 is 6.98. The fourth-order valence-electron chi connectivity index (χ4n) is 8.96. The van der Waals surface area contributed by atoms with Crippen LogP contribution in [0.5, 0.6) is 0 Å². The van der Waals surface area contributed by atoms with E-state index in [2.05, 4.69) is 122 Å². The molecule has 216 valence electrons. The van der Waals surface area contributed by atoms with Crippen molar-refractivity contribution >= 4 is 5.71 Å². The van der Waals surface area contributed by atoms with Gasteiger partial charge in [-0.25, -0.2) is 0 Å². The second kappa shape index (κ2) is 11.1. The van der Waals surface area contributed by atoms with E-state index in [-0.39, 0.29) is 29.6 Å². The number of benzene rings is 3. The molecule has 1 saturated heterocycles. The van der Waals surface area contributed by atoms with Gasteiger partial charge in [0.2, 0.25) is 0 Å². The Morgan fingerprint density at radius 3 is 2.47 bits per heavy atom. The number of dihydropyridines is 1. The minimum atomic E-state index is -0.292. The second-order valence-corrected chi connectivity index (χ2v) is 13.0.